The average Bonchev–Trinajstić information content (AvgIpc) is 3.13. The summed E-state index contributed by atoms with van der Waals surface area (Å²) in [6.45, 7) is 11.1. The molecule has 9 heteroatoms. The maximum Gasteiger partial charge on any atom is 0.239 e. The Kier molecular flexibility index (Phi) is 6.57. The summed E-state index contributed by atoms with van der Waals surface area (Å²) in [5, 5.41) is 13.3. The van der Waals surface area contributed by atoms with Crippen molar-refractivity contribution in [3.8, 4) is 0 Å². The third-order valence-electron chi connectivity index (χ3n) is 3.54. The van der Waals surface area contributed by atoms with Gasteiger partial charge in [-0.25, -0.2) is 0 Å². The van der Waals surface area contributed by atoms with E-state index >= 15 is 0 Å². The van der Waals surface area contributed by atoms with Gasteiger partial charge in [0.2, 0.25) is 11.8 Å². The number of aryl methyl sites for hydroxylation is 1. The molecule has 0 fully saturated rings. The second kappa shape index (κ2) is 8.46. The Morgan fingerprint density at radius 1 is 1.24 bits per heavy atom. The minimum absolute atomic E-state index is 0.0425. The Bertz CT molecular complexity index is 709. The molecule has 0 spiro atoms. The molecule has 25 heavy (non-hydrogen) atoms. The van der Waals surface area contributed by atoms with E-state index < -0.39 is 0 Å². The molecule has 0 bridgehead atoms. The summed E-state index contributed by atoms with van der Waals surface area (Å²) in [7, 11) is 0. The monoisotopic (exact) mass is 366 g/mol. The molecule has 2 aromatic rings. The van der Waals surface area contributed by atoms with Crippen molar-refractivity contribution in [3.63, 3.8) is 0 Å². The van der Waals surface area contributed by atoms with Crippen LogP contribution < -0.4 is 5.73 Å². The lowest BCUT2D eigenvalue weighted by atomic mass is 10.2. The van der Waals surface area contributed by atoms with Crippen LogP contribution in [0, 0.1) is 5.92 Å². The van der Waals surface area contributed by atoms with Gasteiger partial charge in [0.1, 0.15) is 5.82 Å². The fraction of sp³-hybridized carbons (Fsp3) is 0.688. The molecule has 0 aliphatic heterocycles. The van der Waals surface area contributed by atoms with Gasteiger partial charge in [-0.2, -0.15) is 4.98 Å². The first kappa shape index (κ1) is 19.4. The molecule has 1 unspecified atom stereocenters. The highest BCUT2D eigenvalue weighted by atomic mass is 32.2. The van der Waals surface area contributed by atoms with Crippen molar-refractivity contribution in [2.45, 2.75) is 70.3 Å². The number of primary amides is 1. The van der Waals surface area contributed by atoms with Gasteiger partial charge in [-0.1, -0.05) is 44.6 Å². The van der Waals surface area contributed by atoms with Crippen LogP contribution in [0.4, 0.5) is 0 Å². The fourth-order valence-electron chi connectivity index (χ4n) is 2.23. The Morgan fingerprint density at radius 3 is 2.52 bits per heavy atom. The van der Waals surface area contributed by atoms with E-state index in [1.165, 1.54) is 11.8 Å². The molecular weight excluding hydrogens is 340 g/mol. The molecule has 0 aromatic carbocycles. The molecule has 0 aliphatic rings. The van der Waals surface area contributed by atoms with Crippen LogP contribution >= 0.6 is 11.8 Å². The molecule has 8 nitrogen and oxygen atoms in total. The van der Waals surface area contributed by atoms with Crippen LogP contribution in [0.2, 0.25) is 0 Å². The zero-order chi connectivity index (χ0) is 18.6. The number of hydrogen-bond donors (Lipinski definition) is 1. The van der Waals surface area contributed by atoms with Crippen molar-refractivity contribution in [2.75, 3.05) is 0 Å². The number of amides is 1. The third kappa shape index (κ3) is 5.29. The quantitative estimate of drug-likeness (QED) is 0.679. The van der Waals surface area contributed by atoms with Gasteiger partial charge in [-0.15, -0.1) is 10.2 Å². The lowest BCUT2D eigenvalue weighted by Gasteiger charge is -2.13. The largest absolute Gasteiger partial charge is 0.370 e. The first-order chi connectivity index (χ1) is 11.8. The molecular formula is C16H26N6O2S. The standard InChI is InChI=1S/C16H26N6O2S/c1-9(2)8-22-13(7-6-12(17)23)19-20-16(22)25-11(5)15-18-14(10(3)4)21-24-15/h9-11H,6-8H2,1-5H3,(H2,17,23). The first-order valence-corrected chi connectivity index (χ1v) is 9.36. The van der Waals surface area contributed by atoms with Crippen molar-refractivity contribution < 1.29 is 9.32 Å². The maximum atomic E-state index is 11.1. The fourth-order valence-corrected chi connectivity index (χ4v) is 3.14. The van der Waals surface area contributed by atoms with Crippen LogP contribution in [0.15, 0.2) is 9.68 Å². The van der Waals surface area contributed by atoms with E-state index in [1.54, 1.807) is 0 Å². The molecule has 0 saturated heterocycles. The molecule has 2 heterocycles. The summed E-state index contributed by atoms with van der Waals surface area (Å²) < 4.78 is 7.42. The van der Waals surface area contributed by atoms with E-state index in [2.05, 4.69) is 38.8 Å². The van der Waals surface area contributed by atoms with Gasteiger partial charge in [-0.3, -0.25) is 4.79 Å². The topological polar surface area (TPSA) is 113 Å². The number of carbonyl (C=O) groups is 1. The van der Waals surface area contributed by atoms with Crippen molar-refractivity contribution in [2.24, 2.45) is 11.7 Å². The number of nitrogens with zero attached hydrogens (tertiary/aromatic N) is 5. The van der Waals surface area contributed by atoms with Crippen LogP contribution in [0.1, 0.15) is 69.7 Å². The van der Waals surface area contributed by atoms with Gasteiger partial charge in [-0.05, 0) is 12.8 Å². The molecule has 1 atom stereocenters. The summed E-state index contributed by atoms with van der Waals surface area (Å²) in [5.41, 5.74) is 5.25. The SMILES string of the molecule is CC(C)Cn1c(CCC(N)=O)nnc1SC(C)c1nc(C(C)C)no1. The van der Waals surface area contributed by atoms with E-state index in [0.29, 0.717) is 24.1 Å². The predicted octanol–water partition coefficient (Wildman–Crippen LogP) is 2.71. The van der Waals surface area contributed by atoms with Crippen molar-refractivity contribution in [1.82, 2.24) is 24.9 Å². The Morgan fingerprint density at radius 2 is 1.96 bits per heavy atom. The van der Waals surface area contributed by atoms with Crippen molar-refractivity contribution in [3.05, 3.63) is 17.5 Å². The summed E-state index contributed by atoms with van der Waals surface area (Å²) in [6, 6.07) is 0. The van der Waals surface area contributed by atoms with Crippen LogP contribution in [-0.2, 0) is 17.8 Å². The summed E-state index contributed by atoms with van der Waals surface area (Å²) in [6.07, 6.45) is 0.750. The van der Waals surface area contributed by atoms with E-state index in [1.807, 2.05) is 20.8 Å². The second-order valence-corrected chi connectivity index (χ2v) is 8.08. The first-order valence-electron chi connectivity index (χ1n) is 8.48. The zero-order valence-electron chi connectivity index (χ0n) is 15.4. The second-order valence-electron chi connectivity index (χ2n) is 6.78. The number of nitrogens with two attached hydrogens (primary N) is 1. The number of carbonyl (C=O) groups excluding carboxylic acids is 1. The van der Waals surface area contributed by atoms with Crippen molar-refractivity contribution >= 4 is 17.7 Å². The van der Waals surface area contributed by atoms with Gasteiger partial charge < -0.3 is 14.8 Å². The Balaban J connectivity index is 2.17. The van der Waals surface area contributed by atoms with Gasteiger partial charge in [0.05, 0.1) is 5.25 Å². The molecule has 0 radical (unpaired) electrons. The van der Waals surface area contributed by atoms with Gasteiger partial charge in [0, 0.05) is 25.3 Å². The molecule has 2 rings (SSSR count). The van der Waals surface area contributed by atoms with E-state index in [9.17, 15) is 4.79 Å². The zero-order valence-corrected chi connectivity index (χ0v) is 16.2. The lowest BCUT2D eigenvalue weighted by molar-refractivity contribution is -0.118. The molecule has 138 valence electrons. The van der Waals surface area contributed by atoms with Crippen LogP contribution in [0.5, 0.6) is 0 Å². The molecule has 2 N–H and O–H groups in total. The van der Waals surface area contributed by atoms with E-state index in [-0.39, 0.29) is 23.5 Å². The number of aromatic nitrogens is 5. The van der Waals surface area contributed by atoms with Gasteiger partial charge in [0.25, 0.3) is 0 Å². The number of thioether (sulfide) groups is 1. The predicted molar refractivity (Wildman–Crippen MR) is 95.0 cm³/mol. The summed E-state index contributed by atoms with van der Waals surface area (Å²) in [5.74, 6) is 2.36. The lowest BCUT2D eigenvalue weighted by Crippen LogP contribution is -2.15. The van der Waals surface area contributed by atoms with Crippen LogP contribution in [0.25, 0.3) is 0 Å². The summed E-state index contributed by atoms with van der Waals surface area (Å²) in [4.78, 5) is 15.5. The van der Waals surface area contributed by atoms with Crippen molar-refractivity contribution in [1.29, 1.82) is 0 Å². The highest BCUT2D eigenvalue weighted by Gasteiger charge is 2.22. The summed E-state index contributed by atoms with van der Waals surface area (Å²) >= 11 is 1.52. The van der Waals surface area contributed by atoms with Crippen LogP contribution in [0.3, 0.4) is 0 Å². The van der Waals surface area contributed by atoms with Crippen LogP contribution in [-0.4, -0.2) is 30.8 Å². The smallest absolute Gasteiger partial charge is 0.239 e. The van der Waals surface area contributed by atoms with Gasteiger partial charge >= 0.3 is 0 Å². The normalized spacial score (nSPS) is 12.9. The molecule has 0 saturated carbocycles. The Labute approximate surface area is 152 Å². The maximum absolute atomic E-state index is 11.1. The highest BCUT2D eigenvalue weighted by Crippen LogP contribution is 2.34. The average molecular weight is 366 g/mol. The number of rotatable bonds is 9. The third-order valence-corrected chi connectivity index (χ3v) is 4.61. The van der Waals surface area contributed by atoms with E-state index in [4.69, 9.17) is 10.3 Å². The highest BCUT2D eigenvalue weighted by molar-refractivity contribution is 7.99. The van der Waals surface area contributed by atoms with E-state index in [0.717, 1.165) is 17.5 Å². The number of hydrogen-bond acceptors (Lipinski definition) is 7. The minimum Gasteiger partial charge on any atom is -0.370 e. The molecule has 1 amide bonds. The molecule has 0 aliphatic carbocycles. The minimum atomic E-state index is -0.339. The Hall–Kier alpha value is -1.90. The van der Waals surface area contributed by atoms with Gasteiger partial charge in [0.15, 0.2) is 11.0 Å². The molecule has 2 aromatic heterocycles.